The van der Waals surface area contributed by atoms with Gasteiger partial charge in [0.2, 0.25) is 5.56 Å². The number of ketones is 1. The standard InChI is InChI=1S/C29H28ClFN2O5/c1-33-16-19(9-13-27(33)35)26(34)15-23(21-4-2-3-5-24(21)30)18-8-12-22(25(31)14-18)28(36)32-20-10-6-17(7-11-20)29(37)38/h2-5,8-9,12-14,16-17,20,23H,6-7,10-11,15H2,1H3,(H,32,36)(H,37,38). The first-order chi connectivity index (χ1) is 18.1. The molecule has 38 heavy (non-hydrogen) atoms. The van der Waals surface area contributed by atoms with Gasteiger partial charge >= 0.3 is 5.97 Å². The van der Waals surface area contributed by atoms with Gasteiger partial charge in [-0.3, -0.25) is 19.2 Å². The Hall–Kier alpha value is -3.78. The Morgan fingerprint density at radius 1 is 1.08 bits per heavy atom. The summed E-state index contributed by atoms with van der Waals surface area (Å²) >= 11 is 6.45. The highest BCUT2D eigenvalue weighted by molar-refractivity contribution is 6.31. The van der Waals surface area contributed by atoms with Crippen LogP contribution in [0.15, 0.2) is 65.6 Å². The minimum atomic E-state index is -0.834. The van der Waals surface area contributed by atoms with Gasteiger partial charge in [0, 0.05) is 48.3 Å². The number of carboxylic acids is 1. The molecular weight excluding hydrogens is 511 g/mol. The number of hydrogen-bond donors (Lipinski definition) is 2. The molecule has 0 saturated heterocycles. The summed E-state index contributed by atoms with van der Waals surface area (Å²) in [4.78, 5) is 48.9. The van der Waals surface area contributed by atoms with Crippen LogP contribution >= 0.6 is 11.6 Å². The molecule has 1 aromatic heterocycles. The number of aromatic nitrogens is 1. The molecule has 3 aromatic rings. The van der Waals surface area contributed by atoms with Gasteiger partial charge in [-0.15, -0.1) is 0 Å². The average molecular weight is 539 g/mol. The van der Waals surface area contributed by atoms with E-state index >= 15 is 4.39 Å². The van der Waals surface area contributed by atoms with E-state index < -0.39 is 29.5 Å². The minimum absolute atomic E-state index is 0.0280. The van der Waals surface area contributed by atoms with Crippen LogP contribution in [0.25, 0.3) is 0 Å². The molecule has 0 bridgehead atoms. The number of Topliss-reactive ketones (excluding diaryl/α,β-unsaturated/α-hetero) is 1. The highest BCUT2D eigenvalue weighted by Gasteiger charge is 2.28. The molecule has 2 aromatic carbocycles. The third-order valence-electron chi connectivity index (χ3n) is 7.13. The molecule has 2 N–H and O–H groups in total. The van der Waals surface area contributed by atoms with Crippen molar-refractivity contribution in [3.8, 4) is 0 Å². The molecule has 1 unspecified atom stereocenters. The van der Waals surface area contributed by atoms with Gasteiger partial charge in [-0.25, -0.2) is 4.39 Å². The predicted molar refractivity (Wildman–Crippen MR) is 141 cm³/mol. The number of nitrogens with zero attached hydrogens (tertiary/aromatic N) is 1. The van der Waals surface area contributed by atoms with Crippen molar-refractivity contribution in [1.29, 1.82) is 0 Å². The number of benzene rings is 2. The average Bonchev–Trinajstić information content (AvgIpc) is 2.89. The predicted octanol–water partition coefficient (Wildman–Crippen LogP) is 4.96. The van der Waals surface area contributed by atoms with Crippen molar-refractivity contribution >= 4 is 29.3 Å². The van der Waals surface area contributed by atoms with E-state index in [4.69, 9.17) is 16.7 Å². The van der Waals surface area contributed by atoms with Crippen molar-refractivity contribution in [3.63, 3.8) is 0 Å². The van der Waals surface area contributed by atoms with Crippen molar-refractivity contribution < 1.29 is 23.9 Å². The van der Waals surface area contributed by atoms with Gasteiger partial charge in [0.1, 0.15) is 5.82 Å². The van der Waals surface area contributed by atoms with Crippen LogP contribution in [0.5, 0.6) is 0 Å². The summed E-state index contributed by atoms with van der Waals surface area (Å²) < 4.78 is 16.6. The Bertz CT molecular complexity index is 1430. The lowest BCUT2D eigenvalue weighted by molar-refractivity contribution is -0.142. The van der Waals surface area contributed by atoms with Crippen LogP contribution < -0.4 is 10.9 Å². The Kier molecular flexibility index (Phi) is 8.42. The molecule has 1 heterocycles. The highest BCUT2D eigenvalue weighted by atomic mass is 35.5. The van der Waals surface area contributed by atoms with E-state index in [0.717, 1.165) is 0 Å². The number of halogens is 2. The fourth-order valence-corrected chi connectivity index (χ4v) is 5.17. The molecule has 9 heteroatoms. The number of carbonyl (C=O) groups is 3. The summed E-state index contributed by atoms with van der Waals surface area (Å²) in [6.07, 6.45) is 3.40. The maximum absolute atomic E-state index is 15.3. The SMILES string of the molecule is Cn1cc(C(=O)CC(c2ccc(C(=O)NC3CCC(C(=O)O)CC3)c(F)c2)c2ccccc2Cl)ccc1=O. The number of aliphatic carboxylic acids is 1. The van der Waals surface area contributed by atoms with Gasteiger partial charge in [-0.1, -0.05) is 35.9 Å². The Morgan fingerprint density at radius 2 is 1.79 bits per heavy atom. The smallest absolute Gasteiger partial charge is 0.306 e. The highest BCUT2D eigenvalue weighted by Crippen LogP contribution is 2.35. The van der Waals surface area contributed by atoms with Crippen LogP contribution in [0, 0.1) is 11.7 Å². The molecule has 4 rings (SSSR count). The van der Waals surface area contributed by atoms with E-state index in [-0.39, 0.29) is 29.4 Å². The topological polar surface area (TPSA) is 105 Å². The van der Waals surface area contributed by atoms with E-state index in [1.54, 1.807) is 37.4 Å². The van der Waals surface area contributed by atoms with E-state index in [1.807, 2.05) is 0 Å². The van der Waals surface area contributed by atoms with Crippen LogP contribution in [-0.4, -0.2) is 33.4 Å². The molecule has 0 aliphatic heterocycles. The third kappa shape index (κ3) is 6.19. The molecule has 1 atom stereocenters. The fraction of sp³-hybridized carbons (Fsp3) is 0.310. The van der Waals surface area contributed by atoms with Crippen LogP contribution in [-0.2, 0) is 11.8 Å². The largest absolute Gasteiger partial charge is 0.481 e. The maximum atomic E-state index is 15.3. The molecule has 0 radical (unpaired) electrons. The molecule has 1 aliphatic rings. The monoisotopic (exact) mass is 538 g/mol. The van der Waals surface area contributed by atoms with Crippen LogP contribution in [0.1, 0.15) is 69.9 Å². The fourth-order valence-electron chi connectivity index (χ4n) is 4.91. The molecule has 7 nitrogen and oxygen atoms in total. The third-order valence-corrected chi connectivity index (χ3v) is 7.47. The first-order valence-electron chi connectivity index (χ1n) is 12.4. The van der Waals surface area contributed by atoms with Crippen LogP contribution in [0.4, 0.5) is 4.39 Å². The molecular formula is C29H28ClFN2O5. The molecule has 1 aliphatic carbocycles. The van der Waals surface area contributed by atoms with E-state index in [2.05, 4.69) is 5.32 Å². The Balaban J connectivity index is 1.57. The number of amides is 1. The van der Waals surface area contributed by atoms with Gasteiger partial charge in [-0.2, -0.15) is 0 Å². The first-order valence-corrected chi connectivity index (χ1v) is 12.8. The Morgan fingerprint density at radius 3 is 2.42 bits per heavy atom. The van der Waals surface area contributed by atoms with Gasteiger partial charge in [0.15, 0.2) is 5.78 Å². The summed E-state index contributed by atoms with van der Waals surface area (Å²) in [7, 11) is 1.56. The zero-order chi connectivity index (χ0) is 27.4. The van der Waals surface area contributed by atoms with Crippen molar-refractivity contribution in [3.05, 3.63) is 104 Å². The summed E-state index contributed by atoms with van der Waals surface area (Å²) in [5.74, 6) is -3.38. The van der Waals surface area contributed by atoms with Crippen LogP contribution in [0.3, 0.4) is 0 Å². The minimum Gasteiger partial charge on any atom is -0.481 e. The van der Waals surface area contributed by atoms with Crippen molar-refractivity contribution in [2.45, 2.75) is 44.1 Å². The van der Waals surface area contributed by atoms with E-state index in [0.29, 0.717) is 47.4 Å². The number of rotatable bonds is 8. The number of aryl methyl sites for hydroxylation is 1. The summed E-state index contributed by atoms with van der Waals surface area (Å²) in [5.41, 5.74) is 1.09. The number of nitrogens with one attached hydrogen (secondary N) is 1. The quantitative estimate of drug-likeness (QED) is 0.395. The van der Waals surface area contributed by atoms with Gasteiger partial charge in [-0.05, 0) is 61.1 Å². The van der Waals surface area contributed by atoms with Crippen molar-refractivity contribution in [2.75, 3.05) is 0 Å². The molecule has 1 fully saturated rings. The lowest BCUT2D eigenvalue weighted by atomic mass is 9.85. The maximum Gasteiger partial charge on any atom is 0.306 e. The molecule has 0 spiro atoms. The number of pyridine rings is 1. The normalized spacial score (nSPS) is 18.0. The Labute approximate surface area is 224 Å². The second-order valence-corrected chi connectivity index (χ2v) is 10.1. The number of carboxylic acid groups (broad SMARTS) is 1. The number of carbonyl (C=O) groups excluding carboxylic acids is 2. The zero-order valence-corrected chi connectivity index (χ0v) is 21.6. The van der Waals surface area contributed by atoms with E-state index in [9.17, 15) is 19.2 Å². The second-order valence-electron chi connectivity index (χ2n) is 9.67. The summed E-state index contributed by atoms with van der Waals surface area (Å²) in [6.45, 7) is 0. The lowest BCUT2D eigenvalue weighted by Crippen LogP contribution is -2.39. The van der Waals surface area contributed by atoms with Gasteiger partial charge in [0.05, 0.1) is 11.5 Å². The second kappa shape index (κ2) is 11.7. The van der Waals surface area contributed by atoms with Crippen molar-refractivity contribution in [2.24, 2.45) is 13.0 Å². The molecule has 198 valence electrons. The molecule has 1 amide bonds. The van der Waals surface area contributed by atoms with Crippen LogP contribution in [0.2, 0.25) is 5.02 Å². The molecule has 1 saturated carbocycles. The summed E-state index contributed by atoms with van der Waals surface area (Å²) in [6, 6.07) is 13.8. The lowest BCUT2D eigenvalue weighted by Gasteiger charge is -2.27. The van der Waals surface area contributed by atoms with Gasteiger partial charge < -0.3 is 15.0 Å². The van der Waals surface area contributed by atoms with Crippen molar-refractivity contribution in [1.82, 2.24) is 9.88 Å². The summed E-state index contributed by atoms with van der Waals surface area (Å²) in [5, 5.41) is 12.4. The number of hydrogen-bond acceptors (Lipinski definition) is 4. The van der Waals surface area contributed by atoms with Gasteiger partial charge in [0.25, 0.3) is 5.91 Å². The first kappa shape index (κ1) is 27.3. The zero-order valence-electron chi connectivity index (χ0n) is 20.8. The van der Waals surface area contributed by atoms with E-state index in [1.165, 1.54) is 35.0 Å².